The molecule has 9 heavy (non-hydrogen) atoms. The van der Waals surface area contributed by atoms with Gasteiger partial charge in [0, 0.05) is 12.8 Å². The first-order valence-corrected chi connectivity index (χ1v) is 4.75. The van der Waals surface area contributed by atoms with E-state index in [1.54, 1.807) is 0 Å². The Morgan fingerprint density at radius 3 is 2.67 bits per heavy atom. The van der Waals surface area contributed by atoms with Crippen molar-refractivity contribution >= 4 is 11.8 Å². The standard InChI is InChI=1S/C8H14S/c1-3-4-5-6-7-8-9-2/h3,6-8H2,1-2H3. The van der Waals surface area contributed by atoms with Crippen LogP contribution in [0.4, 0.5) is 0 Å². The van der Waals surface area contributed by atoms with Crippen LogP contribution in [0.25, 0.3) is 0 Å². The smallest absolute Gasteiger partial charge is 0.00965 e. The second kappa shape index (κ2) is 7.91. The normalized spacial score (nSPS) is 8.22. The molecule has 0 aromatic rings. The Morgan fingerprint density at radius 2 is 2.11 bits per heavy atom. The summed E-state index contributed by atoms with van der Waals surface area (Å²) in [4.78, 5) is 0. The fourth-order valence-electron chi connectivity index (χ4n) is 0.518. The number of hydrogen-bond donors (Lipinski definition) is 0. The fourth-order valence-corrected chi connectivity index (χ4v) is 0.951. The van der Waals surface area contributed by atoms with Crippen molar-refractivity contribution < 1.29 is 0 Å². The number of thioether (sulfide) groups is 1. The van der Waals surface area contributed by atoms with Gasteiger partial charge in [-0.3, -0.25) is 0 Å². The van der Waals surface area contributed by atoms with E-state index < -0.39 is 0 Å². The second-order valence-electron chi connectivity index (χ2n) is 1.80. The number of unbranched alkanes of at least 4 members (excludes halogenated alkanes) is 1. The van der Waals surface area contributed by atoms with Gasteiger partial charge >= 0.3 is 0 Å². The Bertz CT molecular complexity index is 96.9. The van der Waals surface area contributed by atoms with E-state index in [1.807, 2.05) is 11.8 Å². The zero-order chi connectivity index (χ0) is 6.95. The highest BCUT2D eigenvalue weighted by Gasteiger charge is 1.79. The average molecular weight is 142 g/mol. The Labute approximate surface area is 62.4 Å². The van der Waals surface area contributed by atoms with E-state index in [1.165, 1.54) is 12.2 Å². The minimum absolute atomic E-state index is 0.999. The molecule has 0 heterocycles. The first-order valence-electron chi connectivity index (χ1n) is 3.36. The Hall–Kier alpha value is -0.0900. The average Bonchev–Trinajstić information content (AvgIpc) is 1.89. The summed E-state index contributed by atoms with van der Waals surface area (Å²) >= 11 is 1.89. The van der Waals surface area contributed by atoms with Gasteiger partial charge in [0.25, 0.3) is 0 Å². The summed E-state index contributed by atoms with van der Waals surface area (Å²) in [5.74, 6) is 7.40. The first kappa shape index (κ1) is 8.91. The molecule has 0 N–H and O–H groups in total. The van der Waals surface area contributed by atoms with E-state index in [9.17, 15) is 0 Å². The predicted octanol–water partition coefficient (Wildman–Crippen LogP) is 2.54. The Kier molecular flexibility index (Phi) is 7.83. The van der Waals surface area contributed by atoms with Crippen molar-refractivity contribution in [2.24, 2.45) is 0 Å². The molecule has 0 spiro atoms. The van der Waals surface area contributed by atoms with E-state index in [2.05, 4.69) is 25.0 Å². The molecule has 0 fully saturated rings. The Morgan fingerprint density at radius 1 is 1.33 bits per heavy atom. The predicted molar refractivity (Wildman–Crippen MR) is 45.7 cm³/mol. The maximum atomic E-state index is 3.11. The topological polar surface area (TPSA) is 0 Å². The van der Waals surface area contributed by atoms with E-state index >= 15 is 0 Å². The molecule has 0 aromatic heterocycles. The molecule has 0 radical (unpaired) electrons. The van der Waals surface area contributed by atoms with Crippen LogP contribution in [0.2, 0.25) is 0 Å². The van der Waals surface area contributed by atoms with Gasteiger partial charge in [-0.05, 0) is 18.4 Å². The van der Waals surface area contributed by atoms with Crippen LogP contribution in [-0.4, -0.2) is 12.0 Å². The van der Waals surface area contributed by atoms with Crippen molar-refractivity contribution in [2.45, 2.75) is 26.2 Å². The van der Waals surface area contributed by atoms with E-state index in [-0.39, 0.29) is 0 Å². The lowest BCUT2D eigenvalue weighted by molar-refractivity contribution is 0.996. The lowest BCUT2D eigenvalue weighted by Gasteiger charge is -1.87. The van der Waals surface area contributed by atoms with Crippen LogP contribution in [0.1, 0.15) is 26.2 Å². The van der Waals surface area contributed by atoms with Gasteiger partial charge < -0.3 is 0 Å². The highest BCUT2D eigenvalue weighted by Crippen LogP contribution is 1.97. The molecule has 0 atom stereocenters. The van der Waals surface area contributed by atoms with Gasteiger partial charge in [0.1, 0.15) is 0 Å². The maximum absolute atomic E-state index is 3.11. The summed E-state index contributed by atoms with van der Waals surface area (Å²) in [7, 11) is 0. The van der Waals surface area contributed by atoms with Crippen molar-refractivity contribution in [1.82, 2.24) is 0 Å². The fraction of sp³-hybridized carbons (Fsp3) is 0.750. The molecule has 0 saturated carbocycles. The van der Waals surface area contributed by atoms with Gasteiger partial charge in [-0.25, -0.2) is 0 Å². The zero-order valence-electron chi connectivity index (χ0n) is 6.24. The van der Waals surface area contributed by atoms with Gasteiger partial charge in [-0.15, -0.1) is 11.8 Å². The monoisotopic (exact) mass is 142 g/mol. The van der Waals surface area contributed by atoms with Crippen molar-refractivity contribution in [3.8, 4) is 11.8 Å². The molecule has 0 aromatic carbocycles. The van der Waals surface area contributed by atoms with Crippen LogP contribution in [0.5, 0.6) is 0 Å². The molecule has 0 amide bonds. The lowest BCUT2D eigenvalue weighted by Crippen LogP contribution is -1.74. The van der Waals surface area contributed by atoms with Crippen LogP contribution in [-0.2, 0) is 0 Å². The third-order valence-corrected chi connectivity index (χ3v) is 1.65. The van der Waals surface area contributed by atoms with Crippen molar-refractivity contribution in [3.05, 3.63) is 0 Å². The highest BCUT2D eigenvalue weighted by atomic mass is 32.2. The summed E-state index contributed by atoms with van der Waals surface area (Å²) in [5.41, 5.74) is 0. The molecule has 0 unspecified atom stereocenters. The summed E-state index contributed by atoms with van der Waals surface area (Å²) < 4.78 is 0. The molecule has 1 heteroatoms. The second-order valence-corrected chi connectivity index (χ2v) is 2.79. The van der Waals surface area contributed by atoms with Gasteiger partial charge in [-0.1, -0.05) is 6.92 Å². The van der Waals surface area contributed by atoms with Crippen LogP contribution >= 0.6 is 11.8 Å². The molecule has 0 aliphatic rings. The quantitative estimate of drug-likeness (QED) is 0.431. The van der Waals surface area contributed by atoms with Crippen molar-refractivity contribution in [2.75, 3.05) is 12.0 Å². The molecule has 0 aliphatic heterocycles. The summed E-state index contributed by atoms with van der Waals surface area (Å²) in [5, 5.41) is 0. The van der Waals surface area contributed by atoms with Gasteiger partial charge in [-0.2, -0.15) is 11.8 Å². The van der Waals surface area contributed by atoms with Gasteiger partial charge in [0.15, 0.2) is 0 Å². The van der Waals surface area contributed by atoms with Crippen LogP contribution < -0.4 is 0 Å². The first-order chi connectivity index (χ1) is 4.41. The molecule has 52 valence electrons. The van der Waals surface area contributed by atoms with Crippen LogP contribution in [0.15, 0.2) is 0 Å². The zero-order valence-corrected chi connectivity index (χ0v) is 7.05. The van der Waals surface area contributed by atoms with Gasteiger partial charge in [0.05, 0.1) is 0 Å². The molecule has 0 rings (SSSR count). The van der Waals surface area contributed by atoms with Crippen LogP contribution in [0, 0.1) is 11.8 Å². The third-order valence-electron chi connectivity index (χ3n) is 0.952. The summed E-state index contributed by atoms with van der Waals surface area (Å²) in [6.07, 6.45) is 5.45. The maximum Gasteiger partial charge on any atom is 0.00965 e. The third kappa shape index (κ3) is 7.91. The van der Waals surface area contributed by atoms with Crippen molar-refractivity contribution in [1.29, 1.82) is 0 Å². The lowest BCUT2D eigenvalue weighted by atomic mass is 10.3. The molecule has 0 saturated heterocycles. The molecule has 0 nitrogen and oxygen atoms in total. The molecule has 0 bridgehead atoms. The SMILES string of the molecule is CCC#CCCCSC. The molecule has 0 aliphatic carbocycles. The highest BCUT2D eigenvalue weighted by molar-refractivity contribution is 7.98. The summed E-state index contributed by atoms with van der Waals surface area (Å²) in [6, 6.07) is 0. The van der Waals surface area contributed by atoms with Gasteiger partial charge in [0.2, 0.25) is 0 Å². The largest absolute Gasteiger partial charge is 0.165 e. The van der Waals surface area contributed by atoms with Crippen molar-refractivity contribution in [3.63, 3.8) is 0 Å². The Balaban J connectivity index is 2.90. The molecular formula is C8H14S. The summed E-state index contributed by atoms with van der Waals surface area (Å²) in [6.45, 7) is 2.08. The minimum Gasteiger partial charge on any atom is -0.165 e. The van der Waals surface area contributed by atoms with Crippen LogP contribution in [0.3, 0.4) is 0 Å². The van der Waals surface area contributed by atoms with E-state index in [0.29, 0.717) is 0 Å². The van der Waals surface area contributed by atoms with E-state index in [4.69, 9.17) is 0 Å². The van der Waals surface area contributed by atoms with E-state index in [0.717, 1.165) is 12.8 Å². The molecular weight excluding hydrogens is 128 g/mol. The minimum atomic E-state index is 0.999. The number of hydrogen-bond acceptors (Lipinski definition) is 1. The number of rotatable bonds is 3.